The van der Waals surface area contributed by atoms with Gasteiger partial charge in [0.2, 0.25) is 0 Å². The molecule has 0 radical (unpaired) electrons. The van der Waals surface area contributed by atoms with Crippen molar-refractivity contribution >= 4 is 37.8 Å². The maximum atomic E-state index is 11.5. The van der Waals surface area contributed by atoms with Crippen LogP contribution < -0.4 is 0 Å². The van der Waals surface area contributed by atoms with Gasteiger partial charge in [0.05, 0.1) is 12.0 Å². The summed E-state index contributed by atoms with van der Waals surface area (Å²) in [5.74, 6) is -0.986. The van der Waals surface area contributed by atoms with E-state index in [4.69, 9.17) is 0 Å². The topological polar surface area (TPSA) is 40.5 Å². The van der Waals surface area contributed by atoms with Gasteiger partial charge in [-0.3, -0.25) is 9.69 Å². The Labute approximate surface area is 158 Å². The Morgan fingerprint density at radius 2 is 1.83 bits per heavy atom. The molecule has 0 amide bonds. The van der Waals surface area contributed by atoms with Gasteiger partial charge < -0.3 is 5.11 Å². The van der Waals surface area contributed by atoms with Crippen molar-refractivity contribution in [1.82, 2.24) is 4.90 Å². The summed E-state index contributed by atoms with van der Waals surface area (Å²) in [5, 5.41) is 9.43. The lowest BCUT2D eigenvalue weighted by Crippen LogP contribution is -2.41. The number of piperidine rings is 1. The van der Waals surface area contributed by atoms with E-state index in [1.54, 1.807) is 0 Å². The molecule has 1 aliphatic heterocycles. The predicted molar refractivity (Wildman–Crippen MR) is 102 cm³/mol. The molecule has 2 aromatic rings. The Morgan fingerprint density at radius 1 is 1.12 bits per heavy atom. The fourth-order valence-corrected chi connectivity index (χ4v) is 4.14. The molecule has 0 saturated carbocycles. The first-order valence-electron chi connectivity index (χ1n) is 8.03. The minimum Gasteiger partial charge on any atom is -0.481 e. The number of hydrogen-bond acceptors (Lipinski definition) is 2. The maximum Gasteiger partial charge on any atom is 0.307 e. The smallest absolute Gasteiger partial charge is 0.307 e. The second-order valence-electron chi connectivity index (χ2n) is 6.15. The monoisotopic (exact) mass is 451 g/mol. The Morgan fingerprint density at radius 3 is 2.50 bits per heavy atom. The van der Waals surface area contributed by atoms with E-state index in [0.29, 0.717) is 6.54 Å². The SMILES string of the molecule is O=C(O)C1CCCN(C(c2ccc(Br)cc2)c2ccccc2Br)C1. The number of nitrogens with zero attached hydrogens (tertiary/aromatic N) is 1. The molecule has 0 bridgehead atoms. The molecule has 0 aliphatic carbocycles. The highest BCUT2D eigenvalue weighted by atomic mass is 79.9. The predicted octanol–water partition coefficient (Wildman–Crippen LogP) is 5.10. The number of carboxylic acid groups (broad SMARTS) is 1. The van der Waals surface area contributed by atoms with Crippen LogP contribution in [0, 0.1) is 5.92 Å². The second kappa shape index (κ2) is 7.81. The van der Waals surface area contributed by atoms with Crippen LogP contribution in [0.5, 0.6) is 0 Å². The molecule has 0 aromatic heterocycles. The van der Waals surface area contributed by atoms with E-state index in [0.717, 1.165) is 28.3 Å². The van der Waals surface area contributed by atoms with E-state index < -0.39 is 5.97 Å². The average Bonchev–Trinajstić information content (AvgIpc) is 2.59. The van der Waals surface area contributed by atoms with Crippen molar-refractivity contribution in [3.05, 3.63) is 68.6 Å². The summed E-state index contributed by atoms with van der Waals surface area (Å²) in [7, 11) is 0. The molecule has 1 aliphatic rings. The Hall–Kier alpha value is -1.17. The zero-order valence-corrected chi connectivity index (χ0v) is 16.3. The summed E-state index contributed by atoms with van der Waals surface area (Å²) in [4.78, 5) is 13.8. The third-order valence-electron chi connectivity index (χ3n) is 4.55. The number of likely N-dealkylation sites (tertiary alicyclic amines) is 1. The third kappa shape index (κ3) is 3.90. The zero-order valence-electron chi connectivity index (χ0n) is 13.2. The quantitative estimate of drug-likeness (QED) is 0.701. The molecule has 2 aromatic carbocycles. The largest absolute Gasteiger partial charge is 0.481 e. The van der Waals surface area contributed by atoms with Crippen molar-refractivity contribution in [2.75, 3.05) is 13.1 Å². The summed E-state index contributed by atoms with van der Waals surface area (Å²) >= 11 is 7.16. The summed E-state index contributed by atoms with van der Waals surface area (Å²) in [6.07, 6.45) is 1.67. The minimum absolute atomic E-state index is 0.0517. The number of hydrogen-bond donors (Lipinski definition) is 1. The van der Waals surface area contributed by atoms with Crippen LogP contribution in [-0.4, -0.2) is 29.1 Å². The number of carboxylic acids is 1. The molecule has 2 atom stereocenters. The fraction of sp³-hybridized carbons (Fsp3) is 0.316. The van der Waals surface area contributed by atoms with Crippen molar-refractivity contribution in [1.29, 1.82) is 0 Å². The number of aliphatic carboxylic acids is 1. The van der Waals surface area contributed by atoms with Crippen LogP contribution >= 0.6 is 31.9 Å². The van der Waals surface area contributed by atoms with Crippen LogP contribution in [0.25, 0.3) is 0 Å². The van der Waals surface area contributed by atoms with Crippen LogP contribution in [0.3, 0.4) is 0 Å². The van der Waals surface area contributed by atoms with Crippen molar-refractivity contribution in [3.8, 4) is 0 Å². The summed E-state index contributed by atoms with van der Waals surface area (Å²) in [6, 6.07) is 16.5. The van der Waals surface area contributed by atoms with Gasteiger partial charge in [-0.25, -0.2) is 0 Å². The molecule has 126 valence electrons. The Balaban J connectivity index is 2.00. The van der Waals surface area contributed by atoms with Gasteiger partial charge in [0.15, 0.2) is 0 Å². The van der Waals surface area contributed by atoms with Crippen molar-refractivity contribution in [2.45, 2.75) is 18.9 Å². The van der Waals surface area contributed by atoms with Crippen LogP contribution in [-0.2, 0) is 4.79 Å². The van der Waals surface area contributed by atoms with Crippen LogP contribution in [0.1, 0.15) is 30.0 Å². The molecule has 5 heteroatoms. The van der Waals surface area contributed by atoms with Gasteiger partial charge >= 0.3 is 5.97 Å². The first-order chi connectivity index (χ1) is 11.6. The van der Waals surface area contributed by atoms with E-state index in [2.05, 4.69) is 55.0 Å². The minimum atomic E-state index is -0.693. The molecule has 1 fully saturated rings. The van der Waals surface area contributed by atoms with Gasteiger partial charge in [0, 0.05) is 15.5 Å². The number of benzene rings is 2. The van der Waals surface area contributed by atoms with Crippen LogP contribution in [0.4, 0.5) is 0 Å². The van der Waals surface area contributed by atoms with E-state index in [1.165, 1.54) is 11.1 Å². The lowest BCUT2D eigenvalue weighted by Gasteiger charge is -2.38. The third-order valence-corrected chi connectivity index (χ3v) is 5.80. The summed E-state index contributed by atoms with van der Waals surface area (Å²) in [5.41, 5.74) is 2.35. The van der Waals surface area contributed by atoms with E-state index in [9.17, 15) is 9.90 Å². The zero-order chi connectivity index (χ0) is 17.1. The molecule has 3 nitrogen and oxygen atoms in total. The molecular weight excluding hydrogens is 434 g/mol. The van der Waals surface area contributed by atoms with Gasteiger partial charge in [-0.1, -0.05) is 62.2 Å². The van der Waals surface area contributed by atoms with Crippen molar-refractivity contribution in [2.24, 2.45) is 5.92 Å². The first kappa shape index (κ1) is 17.6. The second-order valence-corrected chi connectivity index (χ2v) is 7.92. The summed E-state index contributed by atoms with van der Waals surface area (Å²) in [6.45, 7) is 1.49. The first-order valence-corrected chi connectivity index (χ1v) is 9.61. The average molecular weight is 453 g/mol. The van der Waals surface area contributed by atoms with E-state index in [1.807, 2.05) is 30.3 Å². The Bertz CT molecular complexity index is 718. The highest BCUT2D eigenvalue weighted by Crippen LogP contribution is 2.36. The number of carbonyl (C=O) groups is 1. The standard InChI is InChI=1S/C19H19Br2NO2/c20-15-9-7-13(8-10-15)18(16-5-1-2-6-17(16)21)22-11-3-4-14(12-22)19(23)24/h1-2,5-10,14,18H,3-4,11-12H2,(H,23,24). The number of rotatable bonds is 4. The van der Waals surface area contributed by atoms with E-state index in [-0.39, 0.29) is 12.0 Å². The molecule has 24 heavy (non-hydrogen) atoms. The fourth-order valence-electron chi connectivity index (χ4n) is 3.37. The van der Waals surface area contributed by atoms with Gasteiger partial charge in [0.1, 0.15) is 0 Å². The van der Waals surface area contributed by atoms with E-state index >= 15 is 0 Å². The molecule has 3 rings (SSSR count). The lowest BCUT2D eigenvalue weighted by atomic mass is 9.91. The van der Waals surface area contributed by atoms with Gasteiger partial charge in [-0.15, -0.1) is 0 Å². The molecule has 0 spiro atoms. The Kier molecular flexibility index (Phi) is 5.74. The molecule has 1 saturated heterocycles. The highest BCUT2D eigenvalue weighted by molar-refractivity contribution is 9.10. The van der Waals surface area contributed by atoms with Crippen LogP contribution in [0.15, 0.2) is 57.5 Å². The summed E-state index contributed by atoms with van der Waals surface area (Å²) < 4.78 is 2.09. The van der Waals surface area contributed by atoms with Gasteiger partial charge in [-0.05, 0) is 48.7 Å². The molecule has 1 N–H and O–H groups in total. The van der Waals surface area contributed by atoms with Gasteiger partial charge in [-0.2, -0.15) is 0 Å². The molecular formula is C19H19Br2NO2. The molecule has 1 heterocycles. The van der Waals surface area contributed by atoms with Crippen LogP contribution in [0.2, 0.25) is 0 Å². The number of halogens is 2. The lowest BCUT2D eigenvalue weighted by molar-refractivity contribution is -0.143. The maximum absolute atomic E-state index is 11.5. The highest BCUT2D eigenvalue weighted by Gasteiger charge is 2.31. The van der Waals surface area contributed by atoms with Gasteiger partial charge in [0.25, 0.3) is 0 Å². The van der Waals surface area contributed by atoms with Crippen molar-refractivity contribution in [3.63, 3.8) is 0 Å². The van der Waals surface area contributed by atoms with Crippen molar-refractivity contribution < 1.29 is 9.90 Å². The molecule has 2 unspecified atom stereocenters. The normalized spacial score (nSPS) is 19.8.